The quantitative estimate of drug-likeness (QED) is 0.571. The molecule has 0 aromatic heterocycles. The number of carbonyl (C=O) groups excluding carboxylic acids is 2. The van der Waals surface area contributed by atoms with E-state index >= 15 is 0 Å². The van der Waals surface area contributed by atoms with E-state index in [1.807, 2.05) is 6.92 Å². The topological polar surface area (TPSA) is 79.5 Å². The number of hydrogen-bond acceptors (Lipinski definition) is 4. The Balaban J connectivity index is 1.98. The first kappa shape index (κ1) is 21.7. The Morgan fingerprint density at radius 1 is 1.07 bits per heavy atom. The number of nitrogens with one attached hydrogen (secondary N) is 3. The first-order valence-electron chi connectivity index (χ1n) is 8.87. The van der Waals surface area contributed by atoms with E-state index in [0.717, 1.165) is 6.42 Å². The molecule has 0 unspecified atom stereocenters. The Morgan fingerprint density at radius 3 is 2.43 bits per heavy atom. The van der Waals surface area contributed by atoms with Crippen LogP contribution in [0.25, 0.3) is 0 Å². The molecule has 0 saturated heterocycles. The number of benzene rings is 2. The van der Waals surface area contributed by atoms with Crippen LogP contribution in [0.5, 0.6) is 5.75 Å². The second-order valence-corrected chi connectivity index (χ2v) is 6.69. The molecule has 0 aliphatic heterocycles. The molecule has 0 aliphatic carbocycles. The van der Waals surface area contributed by atoms with E-state index in [4.69, 9.17) is 28.6 Å². The van der Waals surface area contributed by atoms with Gasteiger partial charge in [-0.05, 0) is 61.1 Å². The summed E-state index contributed by atoms with van der Waals surface area (Å²) in [5.41, 5.74) is 1.50. The zero-order valence-corrected chi connectivity index (χ0v) is 17.2. The molecule has 148 valence electrons. The Bertz CT molecular complexity index is 856. The second kappa shape index (κ2) is 10.6. The minimum atomic E-state index is -0.355. The van der Waals surface area contributed by atoms with E-state index in [0.29, 0.717) is 40.7 Å². The van der Waals surface area contributed by atoms with Crippen LogP contribution < -0.4 is 20.7 Å². The van der Waals surface area contributed by atoms with Crippen LogP contribution in [0.2, 0.25) is 5.02 Å². The lowest BCUT2D eigenvalue weighted by molar-refractivity contribution is -0.115. The van der Waals surface area contributed by atoms with E-state index in [1.165, 1.54) is 0 Å². The largest absolute Gasteiger partial charge is 0.494 e. The summed E-state index contributed by atoms with van der Waals surface area (Å²) in [4.78, 5) is 23.9. The maximum Gasteiger partial charge on any atom is 0.257 e. The highest BCUT2D eigenvalue weighted by molar-refractivity contribution is 7.80. The number of carbonyl (C=O) groups is 2. The smallest absolute Gasteiger partial charge is 0.257 e. The molecule has 0 saturated carbocycles. The molecule has 0 atom stereocenters. The van der Waals surface area contributed by atoms with E-state index in [-0.39, 0.29) is 16.9 Å². The van der Waals surface area contributed by atoms with Crippen LogP contribution >= 0.6 is 23.8 Å². The molecule has 8 heteroatoms. The van der Waals surface area contributed by atoms with Gasteiger partial charge in [-0.15, -0.1) is 0 Å². The third kappa shape index (κ3) is 6.51. The summed E-state index contributed by atoms with van der Waals surface area (Å²) < 4.78 is 5.50. The predicted molar refractivity (Wildman–Crippen MR) is 116 cm³/mol. The van der Waals surface area contributed by atoms with Gasteiger partial charge in [0.05, 0.1) is 17.3 Å². The third-order valence-corrected chi connectivity index (χ3v) is 4.17. The van der Waals surface area contributed by atoms with Gasteiger partial charge < -0.3 is 15.4 Å². The highest BCUT2D eigenvalue weighted by atomic mass is 35.5. The van der Waals surface area contributed by atoms with Crippen molar-refractivity contribution in [1.82, 2.24) is 5.32 Å². The second-order valence-electron chi connectivity index (χ2n) is 5.88. The minimum Gasteiger partial charge on any atom is -0.494 e. The van der Waals surface area contributed by atoms with E-state index in [1.54, 1.807) is 49.4 Å². The molecular weight excluding hydrogens is 398 g/mol. The van der Waals surface area contributed by atoms with Crippen molar-refractivity contribution >= 4 is 52.1 Å². The molecule has 0 heterocycles. The summed E-state index contributed by atoms with van der Waals surface area (Å²) in [6, 6.07) is 11.8. The fourth-order valence-electron chi connectivity index (χ4n) is 2.20. The number of anilines is 2. The molecule has 6 nitrogen and oxygen atoms in total. The highest BCUT2D eigenvalue weighted by Gasteiger charge is 2.10. The van der Waals surface area contributed by atoms with Crippen molar-refractivity contribution in [1.29, 1.82) is 0 Å². The van der Waals surface area contributed by atoms with Crippen LogP contribution in [-0.2, 0) is 4.79 Å². The zero-order valence-electron chi connectivity index (χ0n) is 15.7. The van der Waals surface area contributed by atoms with E-state index in [2.05, 4.69) is 16.0 Å². The third-order valence-electron chi connectivity index (χ3n) is 3.64. The molecule has 3 N–H and O–H groups in total. The maximum atomic E-state index is 12.3. The SMILES string of the molecule is CCCOc1ccc(C(=O)NC(=S)Nc2cc(NC(=O)CC)ccc2Cl)cc1. The molecule has 2 aromatic carbocycles. The Labute approximate surface area is 174 Å². The Morgan fingerprint density at radius 2 is 1.79 bits per heavy atom. The van der Waals surface area contributed by atoms with Crippen LogP contribution in [-0.4, -0.2) is 23.5 Å². The van der Waals surface area contributed by atoms with Gasteiger partial charge in [0.15, 0.2) is 5.11 Å². The molecule has 2 rings (SSSR count). The van der Waals surface area contributed by atoms with Gasteiger partial charge in [-0.1, -0.05) is 25.4 Å². The van der Waals surface area contributed by atoms with Crippen LogP contribution in [0.4, 0.5) is 11.4 Å². The predicted octanol–water partition coefficient (Wildman–Crippen LogP) is 4.60. The summed E-state index contributed by atoms with van der Waals surface area (Å²) >= 11 is 11.4. The number of amides is 2. The first-order chi connectivity index (χ1) is 13.4. The molecule has 2 aromatic rings. The van der Waals surface area contributed by atoms with Crippen LogP contribution in [0.1, 0.15) is 37.0 Å². The van der Waals surface area contributed by atoms with Crippen molar-refractivity contribution in [2.75, 3.05) is 17.2 Å². The van der Waals surface area contributed by atoms with Crippen LogP contribution in [0.15, 0.2) is 42.5 Å². The summed E-state index contributed by atoms with van der Waals surface area (Å²) in [5.74, 6) is 0.235. The minimum absolute atomic E-state index is 0.0946. The lowest BCUT2D eigenvalue weighted by Gasteiger charge is -2.13. The standard InChI is InChI=1S/C20H22ClN3O3S/c1-3-11-27-15-8-5-13(6-9-15)19(26)24-20(28)23-17-12-14(7-10-16(17)21)22-18(25)4-2/h5-10,12H,3-4,11H2,1-2H3,(H,22,25)(H2,23,24,26,28). The summed E-state index contributed by atoms with van der Waals surface area (Å²) in [6.45, 7) is 4.41. The van der Waals surface area contributed by atoms with Gasteiger partial charge >= 0.3 is 0 Å². The summed E-state index contributed by atoms with van der Waals surface area (Å²) in [5, 5.41) is 8.71. The van der Waals surface area contributed by atoms with Crippen molar-refractivity contribution in [3.8, 4) is 5.75 Å². The first-order valence-corrected chi connectivity index (χ1v) is 9.66. The lowest BCUT2D eigenvalue weighted by atomic mass is 10.2. The van der Waals surface area contributed by atoms with Gasteiger partial charge in [0.1, 0.15) is 5.75 Å². The molecule has 0 bridgehead atoms. The number of thiocarbonyl (C=S) groups is 1. The molecule has 0 aliphatic rings. The fraction of sp³-hybridized carbons (Fsp3) is 0.250. The van der Waals surface area contributed by atoms with Gasteiger partial charge in [-0.2, -0.15) is 0 Å². The molecule has 0 radical (unpaired) electrons. The fourth-order valence-corrected chi connectivity index (χ4v) is 2.57. The van der Waals surface area contributed by atoms with Gasteiger partial charge in [-0.3, -0.25) is 14.9 Å². The van der Waals surface area contributed by atoms with E-state index < -0.39 is 0 Å². The van der Waals surface area contributed by atoms with Crippen LogP contribution in [0.3, 0.4) is 0 Å². The van der Waals surface area contributed by atoms with E-state index in [9.17, 15) is 9.59 Å². The van der Waals surface area contributed by atoms with Gasteiger partial charge in [0.2, 0.25) is 5.91 Å². The van der Waals surface area contributed by atoms with Crippen molar-refractivity contribution < 1.29 is 14.3 Å². The van der Waals surface area contributed by atoms with Crippen molar-refractivity contribution in [3.63, 3.8) is 0 Å². The number of hydrogen-bond donors (Lipinski definition) is 3. The average Bonchev–Trinajstić information content (AvgIpc) is 2.69. The van der Waals surface area contributed by atoms with Crippen molar-refractivity contribution in [3.05, 3.63) is 53.1 Å². The monoisotopic (exact) mass is 419 g/mol. The number of rotatable bonds is 7. The Hall–Kier alpha value is -2.64. The Kier molecular flexibility index (Phi) is 8.22. The molecule has 28 heavy (non-hydrogen) atoms. The highest BCUT2D eigenvalue weighted by Crippen LogP contribution is 2.25. The summed E-state index contributed by atoms with van der Waals surface area (Å²) in [6.07, 6.45) is 1.27. The van der Waals surface area contributed by atoms with Crippen molar-refractivity contribution in [2.24, 2.45) is 0 Å². The molecule has 0 spiro atoms. The van der Waals surface area contributed by atoms with Gasteiger partial charge in [0.25, 0.3) is 5.91 Å². The molecular formula is C20H22ClN3O3S. The number of ether oxygens (including phenoxy) is 1. The summed E-state index contributed by atoms with van der Waals surface area (Å²) in [7, 11) is 0. The number of halogens is 1. The zero-order chi connectivity index (χ0) is 20.5. The van der Waals surface area contributed by atoms with Gasteiger partial charge in [-0.25, -0.2) is 0 Å². The molecule has 2 amide bonds. The normalized spacial score (nSPS) is 10.1. The lowest BCUT2D eigenvalue weighted by Crippen LogP contribution is -2.34. The molecule has 0 fully saturated rings. The maximum absolute atomic E-state index is 12.3. The van der Waals surface area contributed by atoms with Gasteiger partial charge in [0, 0.05) is 17.7 Å². The van der Waals surface area contributed by atoms with Crippen LogP contribution in [0, 0.1) is 0 Å². The average molecular weight is 420 g/mol. The van der Waals surface area contributed by atoms with Crippen molar-refractivity contribution in [2.45, 2.75) is 26.7 Å².